The van der Waals surface area contributed by atoms with Gasteiger partial charge in [0, 0.05) is 18.1 Å². The van der Waals surface area contributed by atoms with Crippen LogP contribution in [-0.4, -0.2) is 24.0 Å². The van der Waals surface area contributed by atoms with Gasteiger partial charge in [0.05, 0.1) is 0 Å². The van der Waals surface area contributed by atoms with E-state index in [1.165, 1.54) is 12.1 Å². The standard InChI is InChI=1S/C16H27FN2/c1-5-14(6-2)19(4)16(15(18)7-3)12-8-10-13(17)11-9-12/h8-11,14-16H,5-7,18H2,1-4H3. The number of hydrogen-bond donors (Lipinski definition) is 1. The van der Waals surface area contributed by atoms with Gasteiger partial charge >= 0.3 is 0 Å². The lowest BCUT2D eigenvalue weighted by Crippen LogP contribution is -2.43. The number of hydrogen-bond acceptors (Lipinski definition) is 2. The highest BCUT2D eigenvalue weighted by molar-refractivity contribution is 5.21. The highest BCUT2D eigenvalue weighted by atomic mass is 19.1. The minimum absolute atomic E-state index is 0.0658. The number of rotatable bonds is 7. The smallest absolute Gasteiger partial charge is 0.123 e. The number of benzene rings is 1. The van der Waals surface area contributed by atoms with Gasteiger partial charge in [-0.25, -0.2) is 4.39 Å². The minimum Gasteiger partial charge on any atom is -0.326 e. The topological polar surface area (TPSA) is 29.3 Å². The van der Waals surface area contributed by atoms with Crippen LogP contribution in [0.2, 0.25) is 0 Å². The van der Waals surface area contributed by atoms with Gasteiger partial charge in [0.1, 0.15) is 5.82 Å². The molecule has 1 aromatic carbocycles. The largest absolute Gasteiger partial charge is 0.326 e. The molecule has 0 aliphatic carbocycles. The molecule has 2 N–H and O–H groups in total. The van der Waals surface area contributed by atoms with E-state index >= 15 is 0 Å². The van der Waals surface area contributed by atoms with E-state index in [1.54, 1.807) is 0 Å². The average Bonchev–Trinajstić information content (AvgIpc) is 2.42. The summed E-state index contributed by atoms with van der Waals surface area (Å²) in [5, 5.41) is 0. The minimum atomic E-state index is -0.197. The number of halogens is 1. The average molecular weight is 266 g/mol. The molecule has 0 bridgehead atoms. The third-order valence-corrected chi connectivity index (χ3v) is 4.05. The van der Waals surface area contributed by atoms with Crippen LogP contribution in [0.15, 0.2) is 24.3 Å². The molecule has 1 aromatic rings. The van der Waals surface area contributed by atoms with Crippen molar-refractivity contribution in [3.8, 4) is 0 Å². The summed E-state index contributed by atoms with van der Waals surface area (Å²) in [6.45, 7) is 6.50. The van der Waals surface area contributed by atoms with Gasteiger partial charge in [-0.3, -0.25) is 4.90 Å². The van der Waals surface area contributed by atoms with Crippen molar-refractivity contribution in [3.63, 3.8) is 0 Å². The molecular weight excluding hydrogens is 239 g/mol. The Hall–Kier alpha value is -0.930. The van der Waals surface area contributed by atoms with E-state index in [9.17, 15) is 4.39 Å². The van der Waals surface area contributed by atoms with Crippen LogP contribution in [0, 0.1) is 5.82 Å². The summed E-state index contributed by atoms with van der Waals surface area (Å²) >= 11 is 0. The van der Waals surface area contributed by atoms with Gasteiger partial charge in [0.2, 0.25) is 0 Å². The van der Waals surface area contributed by atoms with Crippen LogP contribution in [0.3, 0.4) is 0 Å². The molecule has 0 fully saturated rings. The molecule has 0 amide bonds. The molecule has 0 aliphatic rings. The number of nitrogens with zero attached hydrogens (tertiary/aromatic N) is 1. The molecule has 0 aromatic heterocycles. The van der Waals surface area contributed by atoms with Crippen molar-refractivity contribution < 1.29 is 4.39 Å². The first-order valence-electron chi connectivity index (χ1n) is 7.28. The molecule has 0 aliphatic heterocycles. The Balaban J connectivity index is 3.03. The maximum atomic E-state index is 13.1. The second-order valence-electron chi connectivity index (χ2n) is 5.20. The second kappa shape index (κ2) is 7.61. The lowest BCUT2D eigenvalue weighted by molar-refractivity contribution is 0.140. The maximum absolute atomic E-state index is 13.1. The molecule has 1 rings (SSSR count). The Morgan fingerprint density at radius 1 is 1.05 bits per heavy atom. The predicted octanol–water partition coefficient (Wildman–Crippen LogP) is 3.72. The van der Waals surface area contributed by atoms with E-state index in [4.69, 9.17) is 5.73 Å². The van der Waals surface area contributed by atoms with Crippen LogP contribution in [0.1, 0.15) is 51.6 Å². The maximum Gasteiger partial charge on any atom is 0.123 e. The van der Waals surface area contributed by atoms with Crippen molar-refractivity contribution in [1.82, 2.24) is 4.90 Å². The number of likely N-dealkylation sites (N-methyl/N-ethyl adjacent to an activating group) is 1. The molecule has 2 atom stereocenters. The lowest BCUT2D eigenvalue weighted by Gasteiger charge is -2.37. The van der Waals surface area contributed by atoms with E-state index in [1.807, 2.05) is 12.1 Å². The second-order valence-corrected chi connectivity index (χ2v) is 5.20. The molecule has 0 heterocycles. The van der Waals surface area contributed by atoms with Crippen LogP contribution in [0.4, 0.5) is 4.39 Å². The Labute approximate surface area is 116 Å². The summed E-state index contributed by atoms with van der Waals surface area (Å²) in [6.07, 6.45) is 3.11. The van der Waals surface area contributed by atoms with E-state index in [0.717, 1.165) is 24.8 Å². The van der Waals surface area contributed by atoms with Crippen LogP contribution in [0.25, 0.3) is 0 Å². The molecular formula is C16H27FN2. The van der Waals surface area contributed by atoms with Crippen molar-refractivity contribution >= 4 is 0 Å². The molecule has 0 saturated carbocycles. The van der Waals surface area contributed by atoms with E-state index < -0.39 is 0 Å². The molecule has 19 heavy (non-hydrogen) atoms. The summed E-state index contributed by atoms with van der Waals surface area (Å²) < 4.78 is 13.1. The summed E-state index contributed by atoms with van der Waals surface area (Å²) in [7, 11) is 2.13. The summed E-state index contributed by atoms with van der Waals surface area (Å²) in [5.74, 6) is -0.197. The van der Waals surface area contributed by atoms with Crippen LogP contribution < -0.4 is 5.73 Å². The summed E-state index contributed by atoms with van der Waals surface area (Å²) in [6, 6.07) is 7.47. The first kappa shape index (κ1) is 16.1. The van der Waals surface area contributed by atoms with Crippen molar-refractivity contribution in [2.45, 2.75) is 58.2 Å². The Morgan fingerprint density at radius 3 is 2.00 bits per heavy atom. The van der Waals surface area contributed by atoms with Crippen LogP contribution >= 0.6 is 0 Å². The van der Waals surface area contributed by atoms with Crippen molar-refractivity contribution in [2.75, 3.05) is 7.05 Å². The monoisotopic (exact) mass is 266 g/mol. The quantitative estimate of drug-likeness (QED) is 0.815. The van der Waals surface area contributed by atoms with Crippen molar-refractivity contribution in [1.29, 1.82) is 0 Å². The fourth-order valence-electron chi connectivity index (χ4n) is 2.76. The lowest BCUT2D eigenvalue weighted by atomic mass is 9.94. The molecule has 0 radical (unpaired) electrons. The highest BCUT2D eigenvalue weighted by Crippen LogP contribution is 2.27. The Morgan fingerprint density at radius 2 is 1.58 bits per heavy atom. The van der Waals surface area contributed by atoms with Crippen LogP contribution in [0.5, 0.6) is 0 Å². The predicted molar refractivity (Wildman–Crippen MR) is 79.5 cm³/mol. The molecule has 108 valence electrons. The van der Waals surface area contributed by atoms with E-state index in [0.29, 0.717) is 6.04 Å². The van der Waals surface area contributed by atoms with Gasteiger partial charge in [0.15, 0.2) is 0 Å². The van der Waals surface area contributed by atoms with Gasteiger partial charge in [-0.05, 0) is 44.0 Å². The molecule has 0 spiro atoms. The zero-order valence-electron chi connectivity index (χ0n) is 12.6. The third kappa shape index (κ3) is 4.02. The zero-order chi connectivity index (χ0) is 14.4. The van der Waals surface area contributed by atoms with E-state index in [-0.39, 0.29) is 17.9 Å². The fourth-order valence-corrected chi connectivity index (χ4v) is 2.76. The number of nitrogens with two attached hydrogens (primary N) is 1. The van der Waals surface area contributed by atoms with Crippen molar-refractivity contribution in [2.24, 2.45) is 5.73 Å². The summed E-state index contributed by atoms with van der Waals surface area (Å²) in [5.41, 5.74) is 7.40. The zero-order valence-corrected chi connectivity index (χ0v) is 12.6. The third-order valence-electron chi connectivity index (χ3n) is 4.05. The molecule has 2 unspecified atom stereocenters. The fraction of sp³-hybridized carbons (Fsp3) is 0.625. The molecule has 3 heteroatoms. The Bertz CT molecular complexity index is 360. The first-order valence-corrected chi connectivity index (χ1v) is 7.28. The van der Waals surface area contributed by atoms with Gasteiger partial charge in [-0.15, -0.1) is 0 Å². The van der Waals surface area contributed by atoms with E-state index in [2.05, 4.69) is 32.7 Å². The van der Waals surface area contributed by atoms with Gasteiger partial charge < -0.3 is 5.73 Å². The van der Waals surface area contributed by atoms with Gasteiger partial charge in [-0.1, -0.05) is 32.9 Å². The molecule has 0 saturated heterocycles. The normalized spacial score (nSPS) is 14.9. The van der Waals surface area contributed by atoms with Crippen LogP contribution in [-0.2, 0) is 0 Å². The van der Waals surface area contributed by atoms with Gasteiger partial charge in [-0.2, -0.15) is 0 Å². The molecule has 2 nitrogen and oxygen atoms in total. The first-order chi connectivity index (χ1) is 9.04. The highest BCUT2D eigenvalue weighted by Gasteiger charge is 2.26. The SMILES string of the molecule is CCC(N)C(c1ccc(F)cc1)N(C)C(CC)CC. The van der Waals surface area contributed by atoms with Gasteiger partial charge in [0.25, 0.3) is 0 Å². The summed E-state index contributed by atoms with van der Waals surface area (Å²) in [4.78, 5) is 2.35. The van der Waals surface area contributed by atoms with Crippen molar-refractivity contribution in [3.05, 3.63) is 35.6 Å². The Kier molecular flexibility index (Phi) is 6.46.